The average Bonchev–Trinajstić information content (AvgIpc) is 2.66. The number of hydrogen-bond acceptors (Lipinski definition) is 4. The lowest BCUT2D eigenvalue weighted by atomic mass is 10.0. The predicted molar refractivity (Wildman–Crippen MR) is 105 cm³/mol. The number of hydrogen-bond donors (Lipinski definition) is 1. The summed E-state index contributed by atoms with van der Waals surface area (Å²) in [7, 11) is 0. The summed E-state index contributed by atoms with van der Waals surface area (Å²) >= 11 is 0. The third-order valence-electron chi connectivity index (χ3n) is 5.46. The first-order valence-electron chi connectivity index (χ1n) is 9.97. The number of piperidine rings is 1. The number of ether oxygens (including phenoxy) is 1. The zero-order valence-corrected chi connectivity index (χ0v) is 16.7. The summed E-state index contributed by atoms with van der Waals surface area (Å²) in [6.07, 6.45) is 1.89. The molecule has 2 amide bonds. The molecule has 27 heavy (non-hydrogen) atoms. The molecule has 0 radical (unpaired) electrons. The van der Waals surface area contributed by atoms with Crippen molar-refractivity contribution in [3.8, 4) is 5.75 Å². The van der Waals surface area contributed by atoms with E-state index >= 15 is 0 Å². The van der Waals surface area contributed by atoms with Crippen molar-refractivity contribution in [2.24, 2.45) is 0 Å². The molecular formula is C21H31N3O3. The van der Waals surface area contributed by atoms with Crippen LogP contribution in [0.4, 0.5) is 0 Å². The molecule has 1 atom stereocenters. The van der Waals surface area contributed by atoms with Crippen molar-refractivity contribution in [3.63, 3.8) is 0 Å². The molecule has 0 aliphatic carbocycles. The number of benzene rings is 1. The maximum Gasteiger partial charge on any atom is 0.260 e. The van der Waals surface area contributed by atoms with Gasteiger partial charge < -0.3 is 19.9 Å². The molecule has 1 N–H and O–H groups in total. The van der Waals surface area contributed by atoms with Crippen LogP contribution in [0.2, 0.25) is 0 Å². The number of nitrogens with zero attached hydrogens (tertiary/aromatic N) is 2. The van der Waals surface area contributed by atoms with Gasteiger partial charge in [0.15, 0.2) is 6.61 Å². The Hall–Kier alpha value is -2.08. The topological polar surface area (TPSA) is 61.9 Å². The fourth-order valence-electron chi connectivity index (χ4n) is 3.92. The van der Waals surface area contributed by atoms with Crippen LogP contribution in [0.15, 0.2) is 18.2 Å². The first-order chi connectivity index (χ1) is 13.0. The van der Waals surface area contributed by atoms with Crippen LogP contribution >= 0.6 is 0 Å². The molecule has 1 unspecified atom stereocenters. The van der Waals surface area contributed by atoms with E-state index in [-0.39, 0.29) is 24.5 Å². The first-order valence-corrected chi connectivity index (χ1v) is 9.97. The largest absolute Gasteiger partial charge is 0.483 e. The van der Waals surface area contributed by atoms with E-state index in [0.717, 1.165) is 49.4 Å². The minimum Gasteiger partial charge on any atom is -0.483 e. The van der Waals surface area contributed by atoms with E-state index in [0.29, 0.717) is 19.0 Å². The van der Waals surface area contributed by atoms with Crippen LogP contribution in [0.25, 0.3) is 0 Å². The number of carbonyl (C=O) groups excluding carboxylic acids is 2. The second kappa shape index (κ2) is 8.74. The highest BCUT2D eigenvalue weighted by molar-refractivity contribution is 5.80. The molecule has 148 valence electrons. The Balaban J connectivity index is 1.59. The van der Waals surface area contributed by atoms with E-state index in [1.807, 2.05) is 22.8 Å². The van der Waals surface area contributed by atoms with Gasteiger partial charge in [-0.2, -0.15) is 0 Å². The lowest BCUT2D eigenvalue weighted by Gasteiger charge is -2.41. The number of likely N-dealkylation sites (tertiary alicyclic amines) is 1. The molecule has 0 spiro atoms. The molecule has 2 fully saturated rings. The molecule has 1 aromatic carbocycles. The normalized spacial score (nSPS) is 20.9. The summed E-state index contributed by atoms with van der Waals surface area (Å²) in [5.74, 6) is 1.27. The van der Waals surface area contributed by atoms with E-state index in [9.17, 15) is 9.59 Å². The van der Waals surface area contributed by atoms with Gasteiger partial charge in [-0.3, -0.25) is 9.59 Å². The van der Waals surface area contributed by atoms with E-state index in [4.69, 9.17) is 4.74 Å². The maximum atomic E-state index is 12.7. The van der Waals surface area contributed by atoms with Gasteiger partial charge >= 0.3 is 0 Å². The summed E-state index contributed by atoms with van der Waals surface area (Å²) in [5.41, 5.74) is 2.24. The Morgan fingerprint density at radius 3 is 2.89 bits per heavy atom. The minimum absolute atomic E-state index is 0.00139. The number of carbonyl (C=O) groups is 2. The molecular weight excluding hydrogens is 342 g/mol. The number of piperazine rings is 1. The molecule has 3 rings (SSSR count). The fraction of sp³-hybridized carbons (Fsp3) is 0.619. The van der Waals surface area contributed by atoms with Crippen molar-refractivity contribution >= 4 is 11.8 Å². The second-order valence-corrected chi connectivity index (χ2v) is 7.88. The highest BCUT2D eigenvalue weighted by atomic mass is 16.5. The van der Waals surface area contributed by atoms with Gasteiger partial charge in [-0.05, 0) is 42.9 Å². The molecule has 2 saturated heterocycles. The Labute approximate surface area is 161 Å². The third kappa shape index (κ3) is 4.80. The van der Waals surface area contributed by atoms with Crippen LogP contribution < -0.4 is 10.1 Å². The van der Waals surface area contributed by atoms with Crippen LogP contribution in [0.3, 0.4) is 0 Å². The van der Waals surface area contributed by atoms with Gasteiger partial charge in [0.05, 0.1) is 6.54 Å². The van der Waals surface area contributed by atoms with Gasteiger partial charge in [0.25, 0.3) is 5.91 Å². The predicted octanol–water partition coefficient (Wildman–Crippen LogP) is 1.92. The Kier molecular flexibility index (Phi) is 6.37. The van der Waals surface area contributed by atoms with E-state index in [1.54, 1.807) is 0 Å². The molecule has 0 saturated carbocycles. The van der Waals surface area contributed by atoms with Gasteiger partial charge in [-0.15, -0.1) is 0 Å². The van der Waals surface area contributed by atoms with Crippen LogP contribution in [0, 0.1) is 6.92 Å². The summed E-state index contributed by atoms with van der Waals surface area (Å²) < 4.78 is 5.91. The standard InChI is InChI=1S/C21H31N3O3/c1-15(2)18-7-6-16(3)11-19(18)27-14-21(26)23-9-4-5-17(13-23)24-10-8-22-12-20(24)25/h6-7,11,15,17,22H,4-5,8-10,12-14H2,1-3H3. The molecule has 2 aliphatic rings. The molecule has 2 aliphatic heterocycles. The van der Waals surface area contributed by atoms with Crippen molar-refractivity contribution < 1.29 is 14.3 Å². The Bertz CT molecular complexity index is 689. The number of aryl methyl sites for hydroxylation is 1. The highest BCUT2D eigenvalue weighted by Gasteiger charge is 2.31. The van der Waals surface area contributed by atoms with Crippen LogP contribution in [0.1, 0.15) is 43.7 Å². The zero-order valence-electron chi connectivity index (χ0n) is 16.7. The monoisotopic (exact) mass is 373 g/mol. The zero-order chi connectivity index (χ0) is 19.4. The number of rotatable bonds is 5. The Morgan fingerprint density at radius 1 is 1.33 bits per heavy atom. The van der Waals surface area contributed by atoms with Gasteiger partial charge in [0.1, 0.15) is 5.75 Å². The fourth-order valence-corrected chi connectivity index (χ4v) is 3.92. The molecule has 0 bridgehead atoms. The average molecular weight is 373 g/mol. The van der Waals surface area contributed by atoms with Crippen molar-refractivity contribution in [1.82, 2.24) is 15.1 Å². The lowest BCUT2D eigenvalue weighted by molar-refractivity contribution is -0.141. The van der Waals surface area contributed by atoms with Crippen molar-refractivity contribution in [2.45, 2.75) is 45.6 Å². The van der Waals surface area contributed by atoms with Gasteiger partial charge in [0, 0.05) is 32.2 Å². The summed E-state index contributed by atoms with van der Waals surface area (Å²) in [5, 5.41) is 3.10. The number of nitrogens with one attached hydrogen (secondary N) is 1. The molecule has 1 aromatic rings. The van der Waals surface area contributed by atoms with Gasteiger partial charge in [0.2, 0.25) is 5.91 Å². The highest BCUT2D eigenvalue weighted by Crippen LogP contribution is 2.27. The first kappa shape index (κ1) is 19.7. The lowest BCUT2D eigenvalue weighted by Crippen LogP contribution is -2.57. The molecule has 6 heteroatoms. The van der Waals surface area contributed by atoms with Crippen molar-refractivity contribution in [2.75, 3.05) is 39.3 Å². The molecule has 0 aromatic heterocycles. The van der Waals surface area contributed by atoms with E-state index in [2.05, 4.69) is 31.3 Å². The smallest absolute Gasteiger partial charge is 0.260 e. The maximum absolute atomic E-state index is 12.7. The van der Waals surface area contributed by atoms with Gasteiger partial charge in [-0.25, -0.2) is 0 Å². The molecule has 2 heterocycles. The SMILES string of the molecule is Cc1ccc(C(C)C)c(OCC(=O)N2CCCC(N3CCNCC3=O)C2)c1. The quantitative estimate of drug-likeness (QED) is 0.857. The summed E-state index contributed by atoms with van der Waals surface area (Å²) in [4.78, 5) is 28.7. The summed E-state index contributed by atoms with van der Waals surface area (Å²) in [6, 6.07) is 6.28. The summed E-state index contributed by atoms with van der Waals surface area (Å²) in [6.45, 7) is 9.62. The Morgan fingerprint density at radius 2 is 2.15 bits per heavy atom. The van der Waals surface area contributed by atoms with Gasteiger partial charge in [-0.1, -0.05) is 26.0 Å². The third-order valence-corrected chi connectivity index (χ3v) is 5.46. The van der Waals surface area contributed by atoms with Crippen molar-refractivity contribution in [1.29, 1.82) is 0 Å². The van der Waals surface area contributed by atoms with Crippen LogP contribution in [-0.4, -0.2) is 67.0 Å². The van der Waals surface area contributed by atoms with Crippen molar-refractivity contribution in [3.05, 3.63) is 29.3 Å². The van der Waals surface area contributed by atoms with E-state index < -0.39 is 0 Å². The molecule has 6 nitrogen and oxygen atoms in total. The second-order valence-electron chi connectivity index (χ2n) is 7.88. The van der Waals surface area contributed by atoms with Crippen LogP contribution in [0.5, 0.6) is 5.75 Å². The van der Waals surface area contributed by atoms with E-state index in [1.165, 1.54) is 0 Å². The minimum atomic E-state index is -0.00139. The van der Waals surface area contributed by atoms with Crippen LogP contribution in [-0.2, 0) is 9.59 Å². The number of amides is 2.